The summed E-state index contributed by atoms with van der Waals surface area (Å²) in [5.41, 5.74) is -1.26. The van der Waals surface area contributed by atoms with Crippen LogP contribution in [0.5, 0.6) is 0 Å². The van der Waals surface area contributed by atoms with Crippen LogP contribution in [0.15, 0.2) is 30.0 Å². The quantitative estimate of drug-likeness (QED) is 0.546. The van der Waals surface area contributed by atoms with Crippen LogP contribution in [0.4, 0.5) is 4.39 Å². The average molecular weight is 431 g/mol. The van der Waals surface area contributed by atoms with Crippen LogP contribution in [-0.2, 0) is 19.7 Å². The summed E-state index contributed by atoms with van der Waals surface area (Å²) in [5.74, 6) is 4.07. The van der Waals surface area contributed by atoms with Crippen LogP contribution in [0, 0.1) is 23.6 Å². The summed E-state index contributed by atoms with van der Waals surface area (Å²) in [7, 11) is 0. The fourth-order valence-corrected chi connectivity index (χ4v) is 4.22. The van der Waals surface area contributed by atoms with Crippen molar-refractivity contribution in [1.82, 2.24) is 0 Å². The van der Waals surface area contributed by atoms with Gasteiger partial charge in [-0.05, 0) is 36.5 Å². The summed E-state index contributed by atoms with van der Waals surface area (Å²) >= 11 is 0. The van der Waals surface area contributed by atoms with Crippen LogP contribution < -0.4 is 0 Å². The molecule has 6 heteroatoms. The van der Waals surface area contributed by atoms with E-state index in [-0.39, 0.29) is 18.9 Å². The minimum atomic E-state index is -1.41. The van der Waals surface area contributed by atoms with Crippen molar-refractivity contribution in [1.29, 1.82) is 0 Å². The number of ether oxygens (including phenoxy) is 2. The Labute approximate surface area is 183 Å². The Morgan fingerprint density at radius 2 is 1.90 bits per heavy atom. The van der Waals surface area contributed by atoms with Gasteiger partial charge in [-0.2, -0.15) is 0 Å². The summed E-state index contributed by atoms with van der Waals surface area (Å²) < 4.78 is 25.5. The largest absolute Gasteiger partial charge is 0.457 e. The average Bonchev–Trinajstić information content (AvgIpc) is 3.20. The number of carbonyl (C=O) groups is 1. The van der Waals surface area contributed by atoms with E-state index in [1.54, 1.807) is 39.8 Å². The fraction of sp³-hybridized carbons (Fsp3) is 0.560. The monoisotopic (exact) mass is 430 g/mol. The van der Waals surface area contributed by atoms with E-state index in [9.17, 15) is 19.4 Å². The number of halogens is 1. The Kier molecular flexibility index (Phi) is 6.50. The van der Waals surface area contributed by atoms with Crippen LogP contribution in [0.25, 0.3) is 0 Å². The van der Waals surface area contributed by atoms with Crippen molar-refractivity contribution >= 4 is 5.97 Å². The van der Waals surface area contributed by atoms with Crippen molar-refractivity contribution in [3.63, 3.8) is 0 Å². The van der Waals surface area contributed by atoms with E-state index < -0.39 is 28.6 Å². The molecule has 3 rings (SSSR count). The van der Waals surface area contributed by atoms with E-state index in [4.69, 9.17) is 9.47 Å². The lowest BCUT2D eigenvalue weighted by Gasteiger charge is -2.35. The molecule has 1 aromatic carbocycles. The van der Waals surface area contributed by atoms with Crippen LogP contribution in [0.1, 0.15) is 70.9 Å². The normalized spacial score (nSPS) is 20.7. The van der Waals surface area contributed by atoms with E-state index in [0.29, 0.717) is 16.9 Å². The van der Waals surface area contributed by atoms with Crippen molar-refractivity contribution in [3.05, 3.63) is 47.0 Å². The van der Waals surface area contributed by atoms with Gasteiger partial charge in [0, 0.05) is 31.2 Å². The zero-order valence-corrected chi connectivity index (χ0v) is 18.6. The molecule has 0 aromatic heterocycles. The molecule has 1 saturated carbocycles. The highest BCUT2D eigenvalue weighted by Crippen LogP contribution is 2.39. The summed E-state index contributed by atoms with van der Waals surface area (Å²) in [5, 5.41) is 21.0. The van der Waals surface area contributed by atoms with Gasteiger partial charge in [0.1, 0.15) is 17.2 Å². The van der Waals surface area contributed by atoms with Crippen LogP contribution in [-0.4, -0.2) is 34.2 Å². The third kappa shape index (κ3) is 5.47. The molecule has 5 nitrogen and oxygen atoms in total. The number of carbonyl (C=O) groups excluding carboxylic acids is 1. The second-order valence-corrected chi connectivity index (χ2v) is 9.60. The van der Waals surface area contributed by atoms with E-state index in [0.717, 1.165) is 25.7 Å². The van der Waals surface area contributed by atoms with Crippen molar-refractivity contribution in [2.45, 2.75) is 76.6 Å². The van der Waals surface area contributed by atoms with Crippen LogP contribution in [0.3, 0.4) is 0 Å². The zero-order valence-electron chi connectivity index (χ0n) is 18.6. The van der Waals surface area contributed by atoms with E-state index in [1.165, 1.54) is 12.1 Å². The molecule has 2 aliphatic rings. The highest BCUT2D eigenvalue weighted by Gasteiger charge is 2.41. The summed E-state index contributed by atoms with van der Waals surface area (Å²) in [4.78, 5) is 11.9. The number of esters is 1. The number of rotatable bonds is 5. The Morgan fingerprint density at radius 3 is 2.48 bits per heavy atom. The maximum atomic E-state index is 14.6. The fourth-order valence-electron chi connectivity index (χ4n) is 4.22. The molecule has 31 heavy (non-hydrogen) atoms. The topological polar surface area (TPSA) is 76.0 Å². The standard InChI is InChI=1S/C25H31FO5/c1-23(2,16-27)20-10-9-17(13-21(20)26)11-12-25(29,18-7-5-6-8-18)15-19-14-22(28)31-24(3,4)30-19/h9-10,13-14,18,27,29H,5-8,15-16H2,1-4H3. The first kappa shape index (κ1) is 23.3. The highest BCUT2D eigenvalue weighted by atomic mass is 19.1. The first-order valence-corrected chi connectivity index (χ1v) is 10.7. The molecule has 0 amide bonds. The molecule has 1 fully saturated rings. The molecule has 0 radical (unpaired) electrons. The van der Waals surface area contributed by atoms with Gasteiger partial charge < -0.3 is 19.7 Å². The first-order valence-electron chi connectivity index (χ1n) is 10.7. The van der Waals surface area contributed by atoms with E-state index >= 15 is 0 Å². The molecule has 1 heterocycles. The minimum Gasteiger partial charge on any atom is -0.457 e. The van der Waals surface area contributed by atoms with Gasteiger partial charge in [-0.3, -0.25) is 0 Å². The Bertz CT molecular complexity index is 931. The van der Waals surface area contributed by atoms with Crippen LogP contribution >= 0.6 is 0 Å². The maximum absolute atomic E-state index is 14.6. The van der Waals surface area contributed by atoms with Crippen LogP contribution in [0.2, 0.25) is 0 Å². The second-order valence-electron chi connectivity index (χ2n) is 9.60. The third-order valence-electron chi connectivity index (χ3n) is 5.99. The highest BCUT2D eigenvalue weighted by molar-refractivity contribution is 5.83. The second kappa shape index (κ2) is 8.64. The molecule has 0 saturated heterocycles. The van der Waals surface area contributed by atoms with Gasteiger partial charge >= 0.3 is 5.97 Å². The molecule has 1 atom stereocenters. The number of aliphatic hydroxyl groups is 2. The number of hydrogen-bond donors (Lipinski definition) is 2. The maximum Gasteiger partial charge on any atom is 0.337 e. The molecule has 1 unspecified atom stereocenters. The molecule has 168 valence electrons. The van der Waals surface area contributed by atoms with Gasteiger partial charge in [-0.1, -0.05) is 44.6 Å². The summed E-state index contributed by atoms with van der Waals surface area (Å²) in [6.07, 6.45) is 4.96. The molecular weight excluding hydrogens is 399 g/mol. The molecule has 1 aliphatic carbocycles. The van der Waals surface area contributed by atoms with Crippen molar-refractivity contribution in [2.24, 2.45) is 5.92 Å². The van der Waals surface area contributed by atoms with Crippen molar-refractivity contribution in [2.75, 3.05) is 6.61 Å². The lowest BCUT2D eigenvalue weighted by Crippen LogP contribution is -2.40. The van der Waals surface area contributed by atoms with E-state index in [2.05, 4.69) is 11.8 Å². The van der Waals surface area contributed by atoms with Gasteiger partial charge in [0.15, 0.2) is 0 Å². The first-order chi connectivity index (χ1) is 14.4. The Hall–Kier alpha value is -2.36. The smallest absolute Gasteiger partial charge is 0.337 e. The predicted molar refractivity (Wildman–Crippen MR) is 114 cm³/mol. The Balaban J connectivity index is 1.90. The predicted octanol–water partition coefficient (Wildman–Crippen LogP) is 3.95. The lowest BCUT2D eigenvalue weighted by molar-refractivity contribution is -0.207. The van der Waals surface area contributed by atoms with Gasteiger partial charge in [-0.15, -0.1) is 0 Å². The molecule has 1 aliphatic heterocycles. The van der Waals surface area contributed by atoms with Gasteiger partial charge in [-0.25, -0.2) is 9.18 Å². The SMILES string of the molecule is CC1(C)OC(=O)C=C(CC(O)(C#Cc2ccc(C(C)(C)CO)c(F)c2)C2CCCC2)O1. The molecule has 0 bridgehead atoms. The summed E-state index contributed by atoms with van der Waals surface area (Å²) in [6, 6.07) is 4.63. The number of hydrogen-bond acceptors (Lipinski definition) is 5. The number of cyclic esters (lactones) is 1. The molecular formula is C25H31FO5. The minimum absolute atomic E-state index is 0.0569. The molecule has 2 N–H and O–H groups in total. The molecule has 0 spiro atoms. The van der Waals surface area contributed by atoms with Crippen molar-refractivity contribution in [3.8, 4) is 11.8 Å². The molecule has 1 aromatic rings. The summed E-state index contributed by atoms with van der Waals surface area (Å²) in [6.45, 7) is 6.62. The van der Waals surface area contributed by atoms with Gasteiger partial charge in [0.05, 0.1) is 12.7 Å². The zero-order chi connectivity index (χ0) is 22.9. The third-order valence-corrected chi connectivity index (χ3v) is 5.99. The Morgan fingerprint density at radius 1 is 1.23 bits per heavy atom. The van der Waals surface area contributed by atoms with Gasteiger partial charge in [0.2, 0.25) is 5.79 Å². The lowest BCUT2D eigenvalue weighted by atomic mass is 9.82. The van der Waals surface area contributed by atoms with Crippen molar-refractivity contribution < 1.29 is 28.9 Å². The number of aliphatic hydroxyl groups excluding tert-OH is 1. The van der Waals surface area contributed by atoms with E-state index in [1.807, 2.05) is 0 Å². The van der Waals surface area contributed by atoms with Gasteiger partial charge in [0.25, 0.3) is 0 Å². The number of benzene rings is 1.